The summed E-state index contributed by atoms with van der Waals surface area (Å²) in [6.07, 6.45) is -0.508. The van der Waals surface area contributed by atoms with Crippen LogP contribution in [0.3, 0.4) is 0 Å². The van der Waals surface area contributed by atoms with Gasteiger partial charge in [0.1, 0.15) is 11.5 Å². The molecule has 4 nitrogen and oxygen atoms in total. The highest BCUT2D eigenvalue weighted by Crippen LogP contribution is 2.19. The fourth-order valence-corrected chi connectivity index (χ4v) is 2.03. The van der Waals surface area contributed by atoms with Crippen LogP contribution in [0.25, 0.3) is 0 Å². The number of carbonyl (C=O) groups is 1. The van der Waals surface area contributed by atoms with Gasteiger partial charge in [-0.25, -0.2) is 0 Å². The van der Waals surface area contributed by atoms with Gasteiger partial charge in [0.25, 0.3) is 5.91 Å². The third-order valence-corrected chi connectivity index (χ3v) is 3.24. The van der Waals surface area contributed by atoms with E-state index in [0.29, 0.717) is 16.5 Å². The van der Waals surface area contributed by atoms with Gasteiger partial charge in [0, 0.05) is 10.7 Å². The first-order valence-electron chi connectivity index (χ1n) is 7.44. The van der Waals surface area contributed by atoms with Crippen molar-refractivity contribution >= 4 is 23.2 Å². The van der Waals surface area contributed by atoms with Crippen LogP contribution in [0.4, 0.5) is 5.69 Å². The Morgan fingerprint density at radius 2 is 1.43 bits per heavy atom. The van der Waals surface area contributed by atoms with E-state index < -0.39 is 6.10 Å². The number of anilines is 1. The van der Waals surface area contributed by atoms with Gasteiger partial charge in [0.2, 0.25) is 0 Å². The molecule has 0 aliphatic heterocycles. The number of halogens is 1. The summed E-state index contributed by atoms with van der Waals surface area (Å²) < 4.78 is 11.1. The summed E-state index contributed by atoms with van der Waals surface area (Å²) in [5.74, 6) is 1.14. The zero-order valence-corrected chi connectivity index (χ0v) is 14.1. The van der Waals surface area contributed by atoms with Crippen LogP contribution in [0.2, 0.25) is 5.02 Å². The van der Waals surface area contributed by atoms with E-state index in [1.807, 2.05) is 26.0 Å². The molecule has 1 atom stereocenters. The molecule has 2 rings (SSSR count). The maximum Gasteiger partial charge on any atom is 0.265 e. The fraction of sp³-hybridized carbons (Fsp3) is 0.278. The Balaban J connectivity index is 1.91. The zero-order chi connectivity index (χ0) is 16.8. The van der Waals surface area contributed by atoms with E-state index in [1.165, 1.54) is 0 Å². The molecule has 0 aliphatic carbocycles. The molecule has 0 aliphatic rings. The smallest absolute Gasteiger partial charge is 0.265 e. The maximum atomic E-state index is 12.2. The molecule has 0 unspecified atom stereocenters. The standard InChI is InChI=1S/C18H20ClNO3/c1-12(2)22-16-10-6-15(7-11-16)20-18(21)13(3)23-17-8-4-14(19)5-9-17/h4-13H,1-3H3,(H,20,21)/t13-/m1/s1. The Hall–Kier alpha value is -2.20. The molecule has 5 heteroatoms. The Morgan fingerprint density at radius 1 is 0.913 bits per heavy atom. The molecule has 0 heterocycles. The fourth-order valence-electron chi connectivity index (χ4n) is 1.90. The maximum absolute atomic E-state index is 12.2. The van der Waals surface area contributed by atoms with Gasteiger partial charge >= 0.3 is 0 Å². The zero-order valence-electron chi connectivity index (χ0n) is 13.4. The van der Waals surface area contributed by atoms with Crippen molar-refractivity contribution in [1.29, 1.82) is 0 Å². The van der Waals surface area contributed by atoms with Gasteiger partial charge in [-0.15, -0.1) is 0 Å². The number of hydrogen-bond donors (Lipinski definition) is 1. The molecule has 2 aromatic carbocycles. The van der Waals surface area contributed by atoms with Gasteiger partial charge in [-0.2, -0.15) is 0 Å². The first kappa shape index (κ1) is 17.2. The van der Waals surface area contributed by atoms with Crippen molar-refractivity contribution in [2.24, 2.45) is 0 Å². The molecule has 2 aromatic rings. The van der Waals surface area contributed by atoms with Crippen LogP contribution in [0, 0.1) is 0 Å². The molecule has 0 spiro atoms. The lowest BCUT2D eigenvalue weighted by molar-refractivity contribution is -0.122. The molecule has 0 radical (unpaired) electrons. The first-order valence-corrected chi connectivity index (χ1v) is 7.81. The number of rotatable bonds is 6. The molecular weight excluding hydrogens is 314 g/mol. The predicted octanol–water partition coefficient (Wildman–Crippen LogP) is 4.53. The van der Waals surface area contributed by atoms with Crippen LogP contribution < -0.4 is 14.8 Å². The third-order valence-electron chi connectivity index (χ3n) is 2.99. The van der Waals surface area contributed by atoms with E-state index in [9.17, 15) is 4.79 Å². The Morgan fingerprint density at radius 3 is 2.00 bits per heavy atom. The van der Waals surface area contributed by atoms with Crippen LogP contribution in [-0.4, -0.2) is 18.1 Å². The number of ether oxygens (including phenoxy) is 2. The number of amides is 1. The molecule has 122 valence electrons. The number of nitrogens with one attached hydrogen (secondary N) is 1. The van der Waals surface area contributed by atoms with Crippen LogP contribution in [0.5, 0.6) is 11.5 Å². The molecular formula is C18H20ClNO3. The second kappa shape index (κ2) is 7.88. The average Bonchev–Trinajstić information content (AvgIpc) is 2.51. The topological polar surface area (TPSA) is 47.6 Å². The molecule has 1 N–H and O–H groups in total. The lowest BCUT2D eigenvalue weighted by atomic mass is 10.2. The molecule has 0 saturated heterocycles. The van der Waals surface area contributed by atoms with Crippen LogP contribution in [0.15, 0.2) is 48.5 Å². The van der Waals surface area contributed by atoms with E-state index in [4.69, 9.17) is 21.1 Å². The number of hydrogen-bond acceptors (Lipinski definition) is 3. The van der Waals surface area contributed by atoms with E-state index >= 15 is 0 Å². The summed E-state index contributed by atoms with van der Waals surface area (Å²) in [5.41, 5.74) is 0.692. The first-order chi connectivity index (χ1) is 10.9. The van der Waals surface area contributed by atoms with Gasteiger partial charge in [-0.05, 0) is 69.3 Å². The lowest BCUT2D eigenvalue weighted by Gasteiger charge is -2.15. The minimum Gasteiger partial charge on any atom is -0.491 e. The highest BCUT2D eigenvalue weighted by atomic mass is 35.5. The summed E-state index contributed by atoms with van der Waals surface area (Å²) >= 11 is 5.82. The summed E-state index contributed by atoms with van der Waals surface area (Å²) in [7, 11) is 0. The van der Waals surface area contributed by atoms with Gasteiger partial charge in [0.15, 0.2) is 6.10 Å². The summed E-state index contributed by atoms with van der Waals surface area (Å²) in [6, 6.07) is 14.1. The number of carbonyl (C=O) groups excluding carboxylic acids is 1. The molecule has 1 amide bonds. The highest BCUT2D eigenvalue weighted by Gasteiger charge is 2.15. The van der Waals surface area contributed by atoms with Gasteiger partial charge in [0.05, 0.1) is 6.10 Å². The number of benzene rings is 2. The molecule has 0 bridgehead atoms. The van der Waals surface area contributed by atoms with Gasteiger partial charge < -0.3 is 14.8 Å². The predicted molar refractivity (Wildman–Crippen MR) is 92.4 cm³/mol. The van der Waals surface area contributed by atoms with Crippen molar-refractivity contribution in [1.82, 2.24) is 0 Å². The van der Waals surface area contributed by atoms with E-state index in [1.54, 1.807) is 43.3 Å². The van der Waals surface area contributed by atoms with Crippen molar-refractivity contribution in [3.8, 4) is 11.5 Å². The van der Waals surface area contributed by atoms with Crippen molar-refractivity contribution in [3.63, 3.8) is 0 Å². The van der Waals surface area contributed by atoms with Crippen molar-refractivity contribution in [3.05, 3.63) is 53.6 Å². The molecule has 0 fully saturated rings. The molecule has 23 heavy (non-hydrogen) atoms. The second-order valence-corrected chi connectivity index (χ2v) is 5.83. The summed E-state index contributed by atoms with van der Waals surface area (Å²) in [6.45, 7) is 5.62. The second-order valence-electron chi connectivity index (χ2n) is 5.39. The average molecular weight is 334 g/mol. The highest BCUT2D eigenvalue weighted by molar-refractivity contribution is 6.30. The SMILES string of the molecule is CC(C)Oc1ccc(NC(=O)[C@@H](C)Oc2ccc(Cl)cc2)cc1. The monoisotopic (exact) mass is 333 g/mol. The third kappa shape index (κ3) is 5.49. The van der Waals surface area contributed by atoms with E-state index in [0.717, 1.165) is 5.75 Å². The molecule has 0 aromatic heterocycles. The summed E-state index contributed by atoms with van der Waals surface area (Å²) in [5, 5.41) is 3.43. The van der Waals surface area contributed by atoms with Gasteiger partial charge in [-0.3, -0.25) is 4.79 Å². The van der Waals surface area contributed by atoms with Gasteiger partial charge in [-0.1, -0.05) is 11.6 Å². The normalized spacial score (nSPS) is 11.9. The van der Waals surface area contributed by atoms with Crippen LogP contribution in [-0.2, 0) is 4.79 Å². The minimum atomic E-state index is -0.622. The Kier molecular flexibility index (Phi) is 5.88. The van der Waals surface area contributed by atoms with Crippen LogP contribution >= 0.6 is 11.6 Å². The lowest BCUT2D eigenvalue weighted by Crippen LogP contribution is -2.30. The Bertz CT molecular complexity index is 638. The summed E-state index contributed by atoms with van der Waals surface area (Å²) in [4.78, 5) is 12.2. The largest absolute Gasteiger partial charge is 0.491 e. The quantitative estimate of drug-likeness (QED) is 0.844. The van der Waals surface area contributed by atoms with E-state index in [2.05, 4.69) is 5.32 Å². The minimum absolute atomic E-state index is 0.114. The van der Waals surface area contributed by atoms with Crippen molar-refractivity contribution < 1.29 is 14.3 Å². The Labute approximate surface area is 141 Å². The van der Waals surface area contributed by atoms with Crippen LogP contribution in [0.1, 0.15) is 20.8 Å². The molecule has 0 saturated carbocycles. The van der Waals surface area contributed by atoms with E-state index in [-0.39, 0.29) is 12.0 Å². The van der Waals surface area contributed by atoms with Crippen molar-refractivity contribution in [2.45, 2.75) is 33.0 Å². The van der Waals surface area contributed by atoms with Crippen molar-refractivity contribution in [2.75, 3.05) is 5.32 Å².